The molecule has 2 aromatic carbocycles. The van der Waals surface area contributed by atoms with Crippen LogP contribution in [-0.2, 0) is 11.4 Å². The molecule has 0 aliphatic heterocycles. The van der Waals surface area contributed by atoms with Crippen molar-refractivity contribution < 1.29 is 19.0 Å². The second-order valence-electron chi connectivity index (χ2n) is 6.07. The largest absolute Gasteiger partial charge is 0.497 e. The zero-order valence-electron chi connectivity index (χ0n) is 16.3. The normalized spacial score (nSPS) is 10.6. The Kier molecular flexibility index (Phi) is 6.84. The number of hydrogen-bond acceptors (Lipinski definition) is 5. The van der Waals surface area contributed by atoms with Gasteiger partial charge in [-0.15, -0.1) is 0 Å². The molecule has 0 radical (unpaired) electrons. The van der Waals surface area contributed by atoms with Gasteiger partial charge < -0.3 is 19.5 Å². The number of hydrogen-bond donors (Lipinski definition) is 1. The molecule has 1 amide bonds. The van der Waals surface area contributed by atoms with Crippen LogP contribution in [0.2, 0.25) is 0 Å². The predicted molar refractivity (Wildman–Crippen MR) is 112 cm³/mol. The Hall–Kier alpha value is -3.80. The Morgan fingerprint density at radius 3 is 2.66 bits per heavy atom. The van der Waals surface area contributed by atoms with Crippen LogP contribution in [0.25, 0.3) is 6.08 Å². The summed E-state index contributed by atoms with van der Waals surface area (Å²) in [5, 5.41) is 2.82. The zero-order chi connectivity index (χ0) is 20.5. The fraction of sp³-hybridized carbons (Fsp3) is 0.130. The van der Waals surface area contributed by atoms with E-state index in [1.54, 1.807) is 56.8 Å². The minimum absolute atomic E-state index is 0.267. The van der Waals surface area contributed by atoms with Gasteiger partial charge in [-0.05, 0) is 48.5 Å². The first-order chi connectivity index (χ1) is 14.2. The number of carbonyl (C=O) groups excluding carboxylic acids is 1. The van der Waals surface area contributed by atoms with Crippen molar-refractivity contribution in [2.24, 2.45) is 0 Å². The monoisotopic (exact) mass is 390 g/mol. The van der Waals surface area contributed by atoms with Crippen molar-refractivity contribution in [1.29, 1.82) is 0 Å². The van der Waals surface area contributed by atoms with Crippen molar-refractivity contribution in [3.8, 4) is 17.2 Å². The molecular weight excluding hydrogens is 368 g/mol. The van der Waals surface area contributed by atoms with Gasteiger partial charge in [0.05, 0.1) is 19.9 Å². The van der Waals surface area contributed by atoms with Crippen LogP contribution in [0.1, 0.15) is 11.3 Å². The number of amides is 1. The van der Waals surface area contributed by atoms with Gasteiger partial charge in [0, 0.05) is 29.6 Å². The SMILES string of the molecule is COc1ccc(OC)c(C=CC(=O)Nc2cccc(OCc3ccccn3)c2)c1. The molecule has 1 aromatic heterocycles. The van der Waals surface area contributed by atoms with Gasteiger partial charge in [-0.3, -0.25) is 9.78 Å². The number of methoxy groups -OCH3 is 2. The third kappa shape index (κ3) is 5.84. The molecule has 0 atom stereocenters. The van der Waals surface area contributed by atoms with Gasteiger partial charge in [0.15, 0.2) is 0 Å². The molecule has 148 valence electrons. The second kappa shape index (κ2) is 9.94. The third-order valence-corrected chi connectivity index (χ3v) is 4.07. The van der Waals surface area contributed by atoms with E-state index in [2.05, 4.69) is 10.3 Å². The van der Waals surface area contributed by atoms with Crippen molar-refractivity contribution in [1.82, 2.24) is 4.98 Å². The number of rotatable bonds is 8. The van der Waals surface area contributed by atoms with Crippen LogP contribution in [0.4, 0.5) is 5.69 Å². The summed E-state index contributed by atoms with van der Waals surface area (Å²) in [6.07, 6.45) is 4.84. The van der Waals surface area contributed by atoms with Gasteiger partial charge in [0.25, 0.3) is 0 Å². The summed E-state index contributed by atoms with van der Waals surface area (Å²) in [5.41, 5.74) is 2.21. The Balaban J connectivity index is 1.63. The number of ether oxygens (including phenoxy) is 3. The van der Waals surface area contributed by atoms with Crippen LogP contribution >= 0.6 is 0 Å². The summed E-state index contributed by atoms with van der Waals surface area (Å²) in [6.45, 7) is 0.355. The molecule has 1 heterocycles. The maximum atomic E-state index is 12.3. The molecule has 0 aliphatic rings. The van der Waals surface area contributed by atoms with Gasteiger partial charge in [0.1, 0.15) is 23.9 Å². The highest BCUT2D eigenvalue weighted by molar-refractivity contribution is 6.02. The number of aromatic nitrogens is 1. The molecule has 1 N–H and O–H groups in total. The molecule has 0 spiro atoms. The van der Waals surface area contributed by atoms with E-state index in [1.165, 1.54) is 6.08 Å². The van der Waals surface area contributed by atoms with E-state index < -0.39 is 0 Å². The average Bonchev–Trinajstić information content (AvgIpc) is 2.77. The highest BCUT2D eigenvalue weighted by Crippen LogP contribution is 2.25. The molecule has 0 bridgehead atoms. The molecule has 0 fully saturated rings. The predicted octanol–water partition coefficient (Wildman–Crippen LogP) is 4.33. The van der Waals surface area contributed by atoms with Crippen LogP contribution in [0.5, 0.6) is 17.2 Å². The van der Waals surface area contributed by atoms with E-state index in [1.807, 2.05) is 30.3 Å². The van der Waals surface area contributed by atoms with Gasteiger partial charge in [0.2, 0.25) is 5.91 Å². The zero-order valence-corrected chi connectivity index (χ0v) is 16.3. The van der Waals surface area contributed by atoms with Crippen molar-refractivity contribution in [3.63, 3.8) is 0 Å². The number of nitrogens with zero attached hydrogens (tertiary/aromatic N) is 1. The van der Waals surface area contributed by atoms with Crippen LogP contribution in [0.15, 0.2) is 72.9 Å². The summed E-state index contributed by atoms with van der Waals surface area (Å²) >= 11 is 0. The quantitative estimate of drug-likeness (QED) is 0.580. The molecule has 29 heavy (non-hydrogen) atoms. The summed E-state index contributed by atoms with van der Waals surface area (Å²) in [7, 11) is 3.17. The lowest BCUT2D eigenvalue weighted by atomic mass is 10.1. The average molecular weight is 390 g/mol. The number of anilines is 1. The van der Waals surface area contributed by atoms with E-state index >= 15 is 0 Å². The lowest BCUT2D eigenvalue weighted by Gasteiger charge is -2.09. The van der Waals surface area contributed by atoms with E-state index in [0.717, 1.165) is 11.3 Å². The topological polar surface area (TPSA) is 69.7 Å². The van der Waals surface area contributed by atoms with Crippen molar-refractivity contribution in [2.75, 3.05) is 19.5 Å². The Morgan fingerprint density at radius 2 is 1.90 bits per heavy atom. The molecule has 0 saturated heterocycles. The Bertz CT molecular complexity index is 987. The molecular formula is C23H22N2O4. The van der Waals surface area contributed by atoms with Crippen molar-refractivity contribution in [2.45, 2.75) is 6.61 Å². The van der Waals surface area contributed by atoms with Gasteiger partial charge >= 0.3 is 0 Å². The van der Waals surface area contributed by atoms with Crippen LogP contribution in [-0.4, -0.2) is 25.1 Å². The van der Waals surface area contributed by atoms with Crippen molar-refractivity contribution in [3.05, 3.63) is 84.2 Å². The number of nitrogens with one attached hydrogen (secondary N) is 1. The molecule has 3 rings (SSSR count). The fourth-order valence-corrected chi connectivity index (χ4v) is 2.62. The Labute approximate surface area is 169 Å². The first-order valence-electron chi connectivity index (χ1n) is 9.02. The maximum Gasteiger partial charge on any atom is 0.248 e. The minimum Gasteiger partial charge on any atom is -0.497 e. The molecule has 6 heteroatoms. The lowest BCUT2D eigenvalue weighted by Crippen LogP contribution is -2.08. The van der Waals surface area contributed by atoms with Gasteiger partial charge in [-0.2, -0.15) is 0 Å². The first kappa shape index (κ1) is 19.9. The highest BCUT2D eigenvalue weighted by Gasteiger charge is 2.04. The number of carbonyl (C=O) groups is 1. The first-order valence-corrected chi connectivity index (χ1v) is 9.02. The number of pyridine rings is 1. The summed E-state index contributed by atoms with van der Waals surface area (Å²) in [5.74, 6) is 1.71. The summed E-state index contributed by atoms with van der Waals surface area (Å²) in [6, 6.07) is 18.3. The molecule has 0 saturated carbocycles. The van der Waals surface area contributed by atoms with Crippen LogP contribution in [0.3, 0.4) is 0 Å². The smallest absolute Gasteiger partial charge is 0.248 e. The highest BCUT2D eigenvalue weighted by atomic mass is 16.5. The fourth-order valence-electron chi connectivity index (χ4n) is 2.62. The summed E-state index contributed by atoms with van der Waals surface area (Å²) in [4.78, 5) is 16.5. The van der Waals surface area contributed by atoms with Crippen LogP contribution in [0, 0.1) is 0 Å². The van der Waals surface area contributed by atoms with Crippen molar-refractivity contribution >= 4 is 17.7 Å². The molecule has 3 aromatic rings. The Morgan fingerprint density at radius 1 is 1.00 bits per heavy atom. The third-order valence-electron chi connectivity index (χ3n) is 4.07. The van der Waals surface area contributed by atoms with E-state index in [4.69, 9.17) is 14.2 Å². The van der Waals surface area contributed by atoms with Gasteiger partial charge in [-0.1, -0.05) is 12.1 Å². The standard InChI is InChI=1S/C23H22N2O4/c1-27-20-10-11-22(28-2)17(14-20)9-12-23(26)25-18-7-5-8-21(15-18)29-16-19-6-3-4-13-24-19/h3-15H,16H2,1-2H3,(H,25,26). The minimum atomic E-state index is -0.267. The molecule has 0 unspecified atom stereocenters. The molecule has 6 nitrogen and oxygen atoms in total. The molecule has 0 aliphatic carbocycles. The van der Waals surface area contributed by atoms with E-state index in [-0.39, 0.29) is 5.91 Å². The number of benzene rings is 2. The second-order valence-corrected chi connectivity index (χ2v) is 6.07. The lowest BCUT2D eigenvalue weighted by molar-refractivity contribution is -0.111. The van der Waals surface area contributed by atoms with Crippen LogP contribution < -0.4 is 19.5 Å². The summed E-state index contributed by atoms with van der Waals surface area (Å²) < 4.78 is 16.3. The maximum absolute atomic E-state index is 12.3. The van der Waals surface area contributed by atoms with Gasteiger partial charge in [-0.25, -0.2) is 0 Å². The van der Waals surface area contributed by atoms with E-state index in [9.17, 15) is 4.79 Å². The van der Waals surface area contributed by atoms with E-state index in [0.29, 0.717) is 29.5 Å².